The van der Waals surface area contributed by atoms with Gasteiger partial charge in [-0.05, 0) is 36.2 Å². The van der Waals surface area contributed by atoms with Crippen LogP contribution in [0.4, 0.5) is 8.78 Å². The van der Waals surface area contributed by atoms with Crippen molar-refractivity contribution in [3.05, 3.63) is 71.5 Å². The topological polar surface area (TPSA) is 81.9 Å². The Morgan fingerprint density at radius 2 is 2.06 bits per heavy atom. The molecule has 3 heterocycles. The lowest BCUT2D eigenvalue weighted by molar-refractivity contribution is -0.128. The van der Waals surface area contributed by atoms with Gasteiger partial charge in [0.15, 0.2) is 11.3 Å². The van der Waals surface area contributed by atoms with Crippen LogP contribution < -0.4 is 4.74 Å². The molecule has 0 bridgehead atoms. The SMILES string of the molecule is CCOC(=O)c1ccccc1CN1CC(c2ccc(OC(F)F)c3oc4ccncc4c23)CC1=O. The van der Waals surface area contributed by atoms with E-state index >= 15 is 0 Å². The highest BCUT2D eigenvalue weighted by atomic mass is 19.3. The average Bonchev–Trinajstić information content (AvgIpc) is 3.41. The van der Waals surface area contributed by atoms with Gasteiger partial charge in [-0.25, -0.2) is 4.79 Å². The smallest absolute Gasteiger partial charge is 0.387 e. The molecule has 4 aromatic rings. The molecule has 0 radical (unpaired) electrons. The first-order valence-electron chi connectivity index (χ1n) is 11.2. The number of likely N-dealkylation sites (tertiary alicyclic amines) is 1. The third-order valence-corrected chi connectivity index (χ3v) is 6.16. The molecule has 1 aliphatic rings. The maximum Gasteiger partial charge on any atom is 0.387 e. The van der Waals surface area contributed by atoms with E-state index in [-0.39, 0.29) is 42.7 Å². The summed E-state index contributed by atoms with van der Waals surface area (Å²) < 4.78 is 41.7. The van der Waals surface area contributed by atoms with Crippen LogP contribution in [0.15, 0.2) is 59.3 Å². The molecule has 0 N–H and O–H groups in total. The lowest BCUT2D eigenvalue weighted by Crippen LogP contribution is -2.25. The summed E-state index contributed by atoms with van der Waals surface area (Å²) in [6.45, 7) is -0.353. The van der Waals surface area contributed by atoms with Gasteiger partial charge in [-0.2, -0.15) is 8.78 Å². The van der Waals surface area contributed by atoms with Crippen molar-refractivity contribution in [1.29, 1.82) is 0 Å². The number of nitrogens with zero attached hydrogens (tertiary/aromatic N) is 2. The van der Waals surface area contributed by atoms with Gasteiger partial charge in [0.25, 0.3) is 0 Å². The van der Waals surface area contributed by atoms with Crippen molar-refractivity contribution in [1.82, 2.24) is 9.88 Å². The van der Waals surface area contributed by atoms with Crippen molar-refractivity contribution in [2.24, 2.45) is 0 Å². The number of amides is 1. The number of carbonyl (C=O) groups is 2. The minimum Gasteiger partial charge on any atom is -0.462 e. The van der Waals surface area contributed by atoms with E-state index in [9.17, 15) is 18.4 Å². The van der Waals surface area contributed by atoms with Crippen LogP contribution in [0.1, 0.15) is 40.7 Å². The van der Waals surface area contributed by atoms with E-state index in [1.807, 2.05) is 6.07 Å². The number of pyridine rings is 1. The number of alkyl halides is 2. The standard InChI is InChI=1S/C26H22F2N2O5/c1-2-33-25(32)18-6-4-3-5-15(18)13-30-14-16(11-22(30)31)17-7-8-21(35-26(27)28)24-23(17)19-12-29-10-9-20(19)34-24/h3-10,12,16,26H,2,11,13-14H2,1H3. The molecule has 1 aliphatic heterocycles. The molecule has 5 rings (SSSR count). The van der Waals surface area contributed by atoms with E-state index < -0.39 is 12.6 Å². The van der Waals surface area contributed by atoms with Gasteiger partial charge in [-0.1, -0.05) is 24.3 Å². The predicted molar refractivity (Wildman–Crippen MR) is 123 cm³/mol. The maximum atomic E-state index is 13.0. The van der Waals surface area contributed by atoms with Gasteiger partial charge in [-0.15, -0.1) is 0 Å². The molecule has 1 fully saturated rings. The first-order valence-corrected chi connectivity index (χ1v) is 11.2. The number of hydrogen-bond acceptors (Lipinski definition) is 6. The van der Waals surface area contributed by atoms with Crippen molar-refractivity contribution in [2.45, 2.75) is 32.4 Å². The number of aromatic nitrogens is 1. The third-order valence-electron chi connectivity index (χ3n) is 6.16. The van der Waals surface area contributed by atoms with Gasteiger partial charge in [0.2, 0.25) is 5.91 Å². The van der Waals surface area contributed by atoms with Gasteiger partial charge >= 0.3 is 12.6 Å². The zero-order valence-electron chi connectivity index (χ0n) is 18.9. The molecule has 0 saturated carbocycles. The van der Waals surface area contributed by atoms with Crippen LogP contribution in [0.3, 0.4) is 0 Å². The highest BCUT2D eigenvalue weighted by molar-refractivity contribution is 6.08. The van der Waals surface area contributed by atoms with Crippen molar-refractivity contribution in [2.75, 3.05) is 13.2 Å². The van der Waals surface area contributed by atoms with E-state index in [0.717, 1.165) is 5.56 Å². The number of fused-ring (bicyclic) bond motifs is 3. The number of halogens is 2. The van der Waals surface area contributed by atoms with Gasteiger partial charge in [-0.3, -0.25) is 9.78 Å². The second kappa shape index (κ2) is 9.32. The summed E-state index contributed by atoms with van der Waals surface area (Å²) in [6, 6.07) is 11.9. The first kappa shape index (κ1) is 22.8. The minimum atomic E-state index is -3.00. The van der Waals surface area contributed by atoms with Crippen LogP contribution in [0.2, 0.25) is 0 Å². The Balaban J connectivity index is 1.49. The molecule has 2 aromatic heterocycles. The fourth-order valence-electron chi connectivity index (χ4n) is 4.66. The number of ether oxygens (including phenoxy) is 2. The molecule has 180 valence electrons. The Hall–Kier alpha value is -4.01. The highest BCUT2D eigenvalue weighted by Crippen LogP contribution is 2.42. The summed E-state index contributed by atoms with van der Waals surface area (Å²) >= 11 is 0. The van der Waals surface area contributed by atoms with Crippen LogP contribution in [0.5, 0.6) is 5.75 Å². The van der Waals surface area contributed by atoms with Crippen molar-refractivity contribution in [3.8, 4) is 5.75 Å². The first-order chi connectivity index (χ1) is 17.0. The molecule has 1 saturated heterocycles. The molecule has 1 amide bonds. The largest absolute Gasteiger partial charge is 0.462 e. The molecular formula is C26H22F2N2O5. The number of esters is 1. The molecule has 35 heavy (non-hydrogen) atoms. The highest BCUT2D eigenvalue weighted by Gasteiger charge is 2.34. The maximum absolute atomic E-state index is 13.0. The molecule has 7 nitrogen and oxygen atoms in total. The molecule has 0 aliphatic carbocycles. The predicted octanol–water partition coefficient (Wildman–Crippen LogP) is 5.28. The molecular weight excluding hydrogens is 458 g/mol. The Morgan fingerprint density at radius 1 is 1.23 bits per heavy atom. The second-order valence-electron chi connectivity index (χ2n) is 8.26. The number of benzene rings is 2. The van der Waals surface area contributed by atoms with Crippen LogP contribution >= 0.6 is 0 Å². The fraction of sp³-hybridized carbons (Fsp3) is 0.269. The second-order valence-corrected chi connectivity index (χ2v) is 8.26. The number of furan rings is 1. The zero-order valence-corrected chi connectivity index (χ0v) is 18.9. The molecule has 0 spiro atoms. The Kier molecular flexibility index (Phi) is 6.07. The van der Waals surface area contributed by atoms with Crippen molar-refractivity contribution >= 4 is 33.8 Å². The summed E-state index contributed by atoms with van der Waals surface area (Å²) in [5.74, 6) is -0.776. The van der Waals surface area contributed by atoms with E-state index in [1.165, 1.54) is 6.07 Å². The minimum absolute atomic E-state index is 0.0688. The summed E-state index contributed by atoms with van der Waals surface area (Å²) in [5, 5.41) is 1.27. The summed E-state index contributed by atoms with van der Waals surface area (Å²) in [7, 11) is 0. The lowest BCUT2D eigenvalue weighted by Gasteiger charge is -2.19. The zero-order chi connectivity index (χ0) is 24.5. The molecule has 2 aromatic carbocycles. The van der Waals surface area contributed by atoms with Crippen molar-refractivity contribution < 1.29 is 32.3 Å². The molecule has 1 atom stereocenters. The van der Waals surface area contributed by atoms with Gasteiger partial charge < -0.3 is 18.8 Å². The van der Waals surface area contributed by atoms with Crippen LogP contribution in [-0.4, -0.2) is 41.5 Å². The number of rotatable bonds is 7. The monoisotopic (exact) mass is 480 g/mol. The Morgan fingerprint density at radius 3 is 2.86 bits per heavy atom. The fourth-order valence-corrected chi connectivity index (χ4v) is 4.66. The van der Waals surface area contributed by atoms with E-state index in [0.29, 0.717) is 34.0 Å². The summed E-state index contributed by atoms with van der Waals surface area (Å²) in [6.07, 6.45) is 3.40. The molecule has 1 unspecified atom stereocenters. The normalized spacial score (nSPS) is 15.9. The summed E-state index contributed by atoms with van der Waals surface area (Å²) in [4.78, 5) is 31.2. The van der Waals surface area contributed by atoms with Gasteiger partial charge in [0.05, 0.1) is 12.2 Å². The van der Waals surface area contributed by atoms with Gasteiger partial charge in [0.1, 0.15) is 5.58 Å². The van der Waals surface area contributed by atoms with E-state index in [1.54, 1.807) is 54.5 Å². The van der Waals surface area contributed by atoms with Crippen LogP contribution in [0, 0.1) is 0 Å². The quantitative estimate of drug-likeness (QED) is 0.335. The van der Waals surface area contributed by atoms with Crippen LogP contribution in [-0.2, 0) is 16.1 Å². The number of carbonyl (C=O) groups excluding carboxylic acids is 2. The van der Waals surface area contributed by atoms with E-state index in [4.69, 9.17) is 9.15 Å². The van der Waals surface area contributed by atoms with Crippen molar-refractivity contribution in [3.63, 3.8) is 0 Å². The lowest BCUT2D eigenvalue weighted by atomic mass is 9.93. The summed E-state index contributed by atoms with van der Waals surface area (Å²) in [5.41, 5.74) is 2.61. The van der Waals surface area contributed by atoms with Gasteiger partial charge in [0, 0.05) is 48.6 Å². The van der Waals surface area contributed by atoms with Crippen LogP contribution in [0.25, 0.3) is 21.9 Å². The Bertz CT molecular complexity index is 1420. The van der Waals surface area contributed by atoms with E-state index in [2.05, 4.69) is 9.72 Å². The number of hydrogen-bond donors (Lipinski definition) is 0. The molecule has 9 heteroatoms. The average molecular weight is 480 g/mol. The third kappa shape index (κ3) is 4.29. The Labute approximate surface area is 199 Å².